The van der Waals surface area contributed by atoms with Crippen LogP contribution < -0.4 is 10.1 Å². The second-order valence-electron chi connectivity index (χ2n) is 10.4. The van der Waals surface area contributed by atoms with E-state index in [0.29, 0.717) is 36.6 Å². The zero-order valence-corrected chi connectivity index (χ0v) is 23.1. The summed E-state index contributed by atoms with van der Waals surface area (Å²) in [7, 11) is 1.85. The first-order valence-corrected chi connectivity index (χ1v) is 13.2. The molecule has 41 heavy (non-hydrogen) atoms. The number of rotatable bonds is 8. The van der Waals surface area contributed by atoms with Gasteiger partial charge in [-0.1, -0.05) is 19.1 Å². The van der Waals surface area contributed by atoms with Crippen molar-refractivity contribution in [1.82, 2.24) is 14.8 Å². The number of nitrogens with one attached hydrogen (secondary N) is 1. The van der Waals surface area contributed by atoms with E-state index in [2.05, 4.69) is 10.3 Å². The summed E-state index contributed by atoms with van der Waals surface area (Å²) in [5.41, 5.74) is 1.09. The minimum absolute atomic E-state index is 0.137. The summed E-state index contributed by atoms with van der Waals surface area (Å²) in [6.45, 7) is 4.62. The zero-order valence-electron chi connectivity index (χ0n) is 23.1. The minimum atomic E-state index is -4.39. The van der Waals surface area contributed by atoms with Gasteiger partial charge in [-0.15, -0.1) is 0 Å². The van der Waals surface area contributed by atoms with Crippen LogP contribution in [0.15, 0.2) is 67.0 Å². The maximum Gasteiger partial charge on any atom is 0.416 e. The van der Waals surface area contributed by atoms with Crippen molar-refractivity contribution in [1.29, 1.82) is 0 Å². The lowest BCUT2D eigenvalue weighted by atomic mass is 9.99. The summed E-state index contributed by atoms with van der Waals surface area (Å²) in [4.78, 5) is 33.8. The molecule has 0 saturated heterocycles. The van der Waals surface area contributed by atoms with E-state index in [1.54, 1.807) is 42.2 Å². The molecule has 3 aromatic rings. The van der Waals surface area contributed by atoms with Gasteiger partial charge in [0.1, 0.15) is 11.9 Å². The van der Waals surface area contributed by atoms with Gasteiger partial charge in [0, 0.05) is 49.2 Å². The standard InChI is InChI=1S/C30H33F3N4O4/c1-19-15-37(20(2)18-38)29(40)25-14-24(35-28(39)22-10-12-34-13-11-22)8-9-26(25)41-27(19)17-36(3)16-21-4-6-23(7-5-21)30(31,32)33/h4-14,19-20,27,38H,15-18H2,1-3H3,(H,35,39)/t19-,20-,27-/m0/s1. The molecule has 0 spiro atoms. The van der Waals surface area contributed by atoms with Crippen LogP contribution >= 0.6 is 0 Å². The third-order valence-corrected chi connectivity index (χ3v) is 7.09. The molecule has 11 heteroatoms. The maximum atomic E-state index is 13.6. The van der Waals surface area contributed by atoms with E-state index in [1.807, 2.05) is 18.9 Å². The number of ether oxygens (including phenoxy) is 1. The average molecular weight is 571 g/mol. The molecular weight excluding hydrogens is 537 g/mol. The third-order valence-electron chi connectivity index (χ3n) is 7.09. The van der Waals surface area contributed by atoms with Crippen molar-refractivity contribution < 1.29 is 32.6 Å². The van der Waals surface area contributed by atoms with Crippen LogP contribution in [0.1, 0.15) is 45.7 Å². The minimum Gasteiger partial charge on any atom is -0.488 e. The van der Waals surface area contributed by atoms with Gasteiger partial charge in [-0.25, -0.2) is 0 Å². The highest BCUT2D eigenvalue weighted by atomic mass is 19.4. The van der Waals surface area contributed by atoms with Crippen molar-refractivity contribution in [3.63, 3.8) is 0 Å². The molecule has 0 fully saturated rings. The number of alkyl halides is 3. The van der Waals surface area contributed by atoms with Gasteiger partial charge in [0.2, 0.25) is 0 Å². The molecule has 218 valence electrons. The molecule has 2 heterocycles. The van der Waals surface area contributed by atoms with Crippen LogP contribution in [-0.4, -0.2) is 70.6 Å². The number of anilines is 1. The highest BCUT2D eigenvalue weighted by Crippen LogP contribution is 2.32. The molecule has 3 atom stereocenters. The van der Waals surface area contributed by atoms with Gasteiger partial charge in [0.05, 0.1) is 23.8 Å². The number of hydrogen-bond donors (Lipinski definition) is 2. The Kier molecular flexibility index (Phi) is 9.29. The van der Waals surface area contributed by atoms with Crippen molar-refractivity contribution in [2.24, 2.45) is 5.92 Å². The van der Waals surface area contributed by atoms with Gasteiger partial charge in [-0.05, 0) is 62.0 Å². The molecule has 0 radical (unpaired) electrons. The van der Waals surface area contributed by atoms with Crippen LogP contribution in [0, 0.1) is 5.92 Å². The van der Waals surface area contributed by atoms with Crippen LogP contribution in [-0.2, 0) is 12.7 Å². The van der Waals surface area contributed by atoms with Crippen LogP contribution in [0.4, 0.5) is 18.9 Å². The number of aliphatic hydroxyl groups is 1. The van der Waals surface area contributed by atoms with Crippen LogP contribution in [0.2, 0.25) is 0 Å². The molecule has 2 N–H and O–H groups in total. The lowest BCUT2D eigenvalue weighted by Gasteiger charge is -2.38. The Morgan fingerprint density at radius 2 is 1.85 bits per heavy atom. The number of amides is 2. The van der Waals surface area contributed by atoms with Gasteiger partial charge in [-0.3, -0.25) is 19.5 Å². The van der Waals surface area contributed by atoms with Crippen LogP contribution in [0.3, 0.4) is 0 Å². The number of halogens is 3. The van der Waals surface area contributed by atoms with Crippen molar-refractivity contribution in [2.75, 3.05) is 32.1 Å². The van der Waals surface area contributed by atoms with Gasteiger partial charge >= 0.3 is 6.18 Å². The molecular formula is C30H33F3N4O4. The zero-order chi connectivity index (χ0) is 29.7. The summed E-state index contributed by atoms with van der Waals surface area (Å²) in [6.07, 6.45) is -1.75. The van der Waals surface area contributed by atoms with Gasteiger partial charge in [0.25, 0.3) is 11.8 Å². The SMILES string of the molecule is C[C@H]1CN([C@@H](C)CO)C(=O)c2cc(NC(=O)c3ccncc3)ccc2O[C@H]1CN(C)Cc1ccc(C(F)(F)F)cc1. The Bertz CT molecular complexity index is 1350. The third kappa shape index (κ3) is 7.42. The first-order valence-electron chi connectivity index (χ1n) is 13.2. The molecule has 1 aliphatic rings. The van der Waals surface area contributed by atoms with Gasteiger partial charge < -0.3 is 20.1 Å². The van der Waals surface area contributed by atoms with E-state index in [9.17, 15) is 27.9 Å². The molecule has 4 rings (SSSR count). The quantitative estimate of drug-likeness (QED) is 0.408. The molecule has 0 unspecified atom stereocenters. The number of nitrogens with zero attached hydrogens (tertiary/aromatic N) is 3. The molecule has 0 saturated carbocycles. The smallest absolute Gasteiger partial charge is 0.416 e. The molecule has 1 aromatic heterocycles. The largest absolute Gasteiger partial charge is 0.488 e. The highest BCUT2D eigenvalue weighted by Gasteiger charge is 2.34. The average Bonchev–Trinajstić information content (AvgIpc) is 2.95. The fourth-order valence-corrected chi connectivity index (χ4v) is 4.71. The molecule has 0 bridgehead atoms. The number of aliphatic hydroxyl groups excluding tert-OH is 1. The van der Waals surface area contributed by atoms with Crippen molar-refractivity contribution in [3.8, 4) is 5.75 Å². The fraction of sp³-hybridized carbons (Fsp3) is 0.367. The van der Waals surface area contributed by atoms with E-state index in [0.717, 1.165) is 17.7 Å². The lowest BCUT2D eigenvalue weighted by molar-refractivity contribution is -0.137. The highest BCUT2D eigenvalue weighted by molar-refractivity contribution is 6.05. The summed E-state index contributed by atoms with van der Waals surface area (Å²) in [5, 5.41) is 12.7. The molecule has 8 nitrogen and oxygen atoms in total. The molecule has 2 amide bonds. The molecule has 2 aromatic carbocycles. The monoisotopic (exact) mass is 570 g/mol. The number of fused-ring (bicyclic) bond motifs is 1. The number of carbonyl (C=O) groups excluding carboxylic acids is 2. The summed E-state index contributed by atoms with van der Waals surface area (Å²) >= 11 is 0. The number of benzene rings is 2. The van der Waals surface area contributed by atoms with E-state index in [1.165, 1.54) is 24.5 Å². The number of pyridine rings is 1. The second kappa shape index (κ2) is 12.7. The van der Waals surface area contributed by atoms with Crippen molar-refractivity contribution in [3.05, 3.63) is 89.2 Å². The predicted molar refractivity (Wildman–Crippen MR) is 148 cm³/mol. The Hall–Kier alpha value is -3.96. The van der Waals surface area contributed by atoms with Crippen LogP contribution in [0.5, 0.6) is 5.75 Å². The topological polar surface area (TPSA) is 95.0 Å². The fourth-order valence-electron chi connectivity index (χ4n) is 4.71. The summed E-state index contributed by atoms with van der Waals surface area (Å²) < 4.78 is 45.2. The number of likely N-dealkylation sites (N-methyl/N-ethyl adjacent to an activating group) is 1. The van der Waals surface area contributed by atoms with Crippen molar-refractivity contribution in [2.45, 2.75) is 38.7 Å². The van der Waals surface area contributed by atoms with Gasteiger partial charge in [0.15, 0.2) is 0 Å². The van der Waals surface area contributed by atoms with E-state index >= 15 is 0 Å². The Morgan fingerprint density at radius 1 is 1.17 bits per heavy atom. The van der Waals surface area contributed by atoms with Crippen molar-refractivity contribution >= 4 is 17.5 Å². The normalized spacial score (nSPS) is 18.2. The summed E-state index contributed by atoms with van der Waals surface area (Å²) in [6, 6.07) is 12.6. The number of hydrogen-bond acceptors (Lipinski definition) is 6. The Balaban J connectivity index is 1.56. The summed E-state index contributed by atoms with van der Waals surface area (Å²) in [5.74, 6) is -0.484. The van der Waals surface area contributed by atoms with Crippen LogP contribution in [0.25, 0.3) is 0 Å². The Labute approximate surface area is 236 Å². The van der Waals surface area contributed by atoms with E-state index in [4.69, 9.17) is 4.74 Å². The van der Waals surface area contributed by atoms with E-state index in [-0.39, 0.29) is 36.0 Å². The number of aromatic nitrogens is 1. The van der Waals surface area contributed by atoms with E-state index < -0.39 is 17.8 Å². The lowest BCUT2D eigenvalue weighted by Crippen LogP contribution is -2.49. The Morgan fingerprint density at radius 3 is 2.49 bits per heavy atom. The first-order chi connectivity index (χ1) is 19.5. The first kappa shape index (κ1) is 30.0. The number of carbonyl (C=O) groups is 2. The maximum absolute atomic E-state index is 13.6. The molecule has 1 aliphatic heterocycles. The predicted octanol–water partition coefficient (Wildman–Crippen LogP) is 4.70. The molecule has 0 aliphatic carbocycles. The van der Waals surface area contributed by atoms with Gasteiger partial charge in [-0.2, -0.15) is 13.2 Å². The second-order valence-corrected chi connectivity index (χ2v) is 10.4.